The number of carbonyl (C=O) groups is 3. The molecule has 0 aliphatic carbocycles. The number of hydrogen-bond donors (Lipinski definition) is 2. The predicted molar refractivity (Wildman–Crippen MR) is 92.5 cm³/mol. The lowest BCUT2D eigenvalue weighted by Crippen LogP contribution is -2.29. The lowest BCUT2D eigenvalue weighted by Gasteiger charge is -2.19. The van der Waals surface area contributed by atoms with E-state index in [0.717, 1.165) is 0 Å². The Morgan fingerprint density at radius 1 is 0.923 bits per heavy atom. The van der Waals surface area contributed by atoms with Crippen LogP contribution in [0.25, 0.3) is 0 Å². The Balaban J connectivity index is 1.69. The zero-order chi connectivity index (χ0) is 18.5. The third-order valence-corrected chi connectivity index (χ3v) is 3.59. The first-order valence-corrected chi connectivity index (χ1v) is 7.78. The molecule has 1 aliphatic heterocycles. The van der Waals surface area contributed by atoms with E-state index >= 15 is 0 Å². The molecule has 3 rings (SSSR count). The summed E-state index contributed by atoms with van der Waals surface area (Å²) >= 11 is 0. The van der Waals surface area contributed by atoms with Gasteiger partial charge in [0.1, 0.15) is 13.2 Å². The van der Waals surface area contributed by atoms with Crippen LogP contribution in [0, 0.1) is 0 Å². The van der Waals surface area contributed by atoms with Gasteiger partial charge in [-0.1, -0.05) is 12.1 Å². The number of hydrogen-bond acceptors (Lipinski definition) is 6. The molecule has 0 bridgehead atoms. The van der Waals surface area contributed by atoms with Gasteiger partial charge in [0, 0.05) is 11.8 Å². The first-order valence-electron chi connectivity index (χ1n) is 7.78. The molecule has 8 heteroatoms. The molecule has 2 aromatic carbocycles. The quantitative estimate of drug-likeness (QED) is 0.642. The Hall–Kier alpha value is -3.55. The number of amides is 2. The second-order valence-electron chi connectivity index (χ2n) is 5.30. The molecule has 2 amide bonds. The van der Waals surface area contributed by atoms with Gasteiger partial charge in [0.05, 0.1) is 18.4 Å². The summed E-state index contributed by atoms with van der Waals surface area (Å²) in [6, 6.07) is 11.1. The van der Waals surface area contributed by atoms with E-state index in [1.807, 2.05) is 0 Å². The Morgan fingerprint density at radius 3 is 2.38 bits per heavy atom. The molecular formula is C18H16N2O6. The maximum Gasteiger partial charge on any atom is 0.339 e. The molecule has 0 aromatic heterocycles. The molecule has 0 atom stereocenters. The van der Waals surface area contributed by atoms with Crippen LogP contribution in [0.3, 0.4) is 0 Å². The largest absolute Gasteiger partial charge is 0.486 e. The van der Waals surface area contributed by atoms with Crippen molar-refractivity contribution >= 4 is 29.2 Å². The summed E-state index contributed by atoms with van der Waals surface area (Å²) in [5.41, 5.74) is 0.716. The van der Waals surface area contributed by atoms with Crippen molar-refractivity contribution in [2.75, 3.05) is 31.0 Å². The molecule has 0 saturated heterocycles. The van der Waals surface area contributed by atoms with E-state index in [-0.39, 0.29) is 11.3 Å². The Bertz CT molecular complexity index is 865. The molecule has 26 heavy (non-hydrogen) atoms. The highest BCUT2D eigenvalue weighted by Crippen LogP contribution is 2.32. The molecule has 8 nitrogen and oxygen atoms in total. The molecule has 0 radical (unpaired) electrons. The fourth-order valence-corrected chi connectivity index (χ4v) is 2.37. The minimum absolute atomic E-state index is 0.149. The van der Waals surface area contributed by atoms with E-state index in [2.05, 4.69) is 15.4 Å². The van der Waals surface area contributed by atoms with Gasteiger partial charge in [0.25, 0.3) is 0 Å². The number of esters is 1. The summed E-state index contributed by atoms with van der Waals surface area (Å²) in [5.74, 6) is -1.36. The third kappa shape index (κ3) is 3.75. The predicted octanol–water partition coefficient (Wildman–Crippen LogP) is 1.82. The summed E-state index contributed by atoms with van der Waals surface area (Å²) in [6.07, 6.45) is 0. The lowest BCUT2D eigenvalue weighted by atomic mass is 10.2. The second-order valence-corrected chi connectivity index (χ2v) is 5.30. The fraction of sp³-hybridized carbons (Fsp3) is 0.167. The van der Waals surface area contributed by atoms with Gasteiger partial charge in [-0.25, -0.2) is 4.79 Å². The van der Waals surface area contributed by atoms with E-state index in [9.17, 15) is 14.4 Å². The number of para-hydroxylation sites is 1. The molecule has 0 saturated carbocycles. The van der Waals surface area contributed by atoms with Crippen molar-refractivity contribution in [3.05, 3.63) is 48.0 Å². The normalized spacial score (nSPS) is 12.0. The third-order valence-electron chi connectivity index (χ3n) is 3.59. The van der Waals surface area contributed by atoms with Crippen LogP contribution in [0.5, 0.6) is 11.5 Å². The number of methoxy groups -OCH3 is 1. The molecule has 0 fully saturated rings. The van der Waals surface area contributed by atoms with E-state index in [1.165, 1.54) is 19.2 Å². The maximum absolute atomic E-state index is 12.1. The summed E-state index contributed by atoms with van der Waals surface area (Å²) in [7, 11) is 1.23. The highest BCUT2D eigenvalue weighted by atomic mass is 16.6. The number of fused-ring (bicyclic) bond motifs is 1. The van der Waals surface area contributed by atoms with Crippen LogP contribution in [0.4, 0.5) is 11.4 Å². The van der Waals surface area contributed by atoms with Gasteiger partial charge in [-0.3, -0.25) is 9.59 Å². The molecule has 0 unspecified atom stereocenters. The summed E-state index contributed by atoms with van der Waals surface area (Å²) in [5, 5.41) is 4.87. The van der Waals surface area contributed by atoms with Crippen LogP contribution < -0.4 is 20.1 Å². The van der Waals surface area contributed by atoms with E-state index < -0.39 is 17.8 Å². The number of benzene rings is 2. The molecule has 1 aliphatic rings. The first kappa shape index (κ1) is 17.3. The lowest BCUT2D eigenvalue weighted by molar-refractivity contribution is -0.133. The van der Waals surface area contributed by atoms with Gasteiger partial charge >= 0.3 is 17.8 Å². The zero-order valence-electron chi connectivity index (χ0n) is 13.9. The Kier molecular flexibility index (Phi) is 5.02. The van der Waals surface area contributed by atoms with Gasteiger partial charge in [-0.05, 0) is 24.3 Å². The van der Waals surface area contributed by atoms with E-state index in [0.29, 0.717) is 30.4 Å². The van der Waals surface area contributed by atoms with Crippen LogP contribution in [0.15, 0.2) is 42.5 Å². The van der Waals surface area contributed by atoms with Crippen molar-refractivity contribution in [3.63, 3.8) is 0 Å². The van der Waals surface area contributed by atoms with Gasteiger partial charge in [0.2, 0.25) is 0 Å². The van der Waals surface area contributed by atoms with Crippen LogP contribution in [-0.2, 0) is 14.3 Å². The Labute approximate surface area is 149 Å². The Morgan fingerprint density at radius 2 is 1.62 bits per heavy atom. The van der Waals surface area contributed by atoms with Crippen LogP contribution in [0.1, 0.15) is 10.4 Å². The first-order chi connectivity index (χ1) is 12.6. The second kappa shape index (κ2) is 7.56. The smallest absolute Gasteiger partial charge is 0.339 e. The van der Waals surface area contributed by atoms with Crippen LogP contribution in [-0.4, -0.2) is 38.1 Å². The zero-order valence-corrected chi connectivity index (χ0v) is 13.9. The van der Waals surface area contributed by atoms with Gasteiger partial charge in [-0.15, -0.1) is 0 Å². The highest BCUT2D eigenvalue weighted by molar-refractivity contribution is 6.44. The molecule has 2 N–H and O–H groups in total. The van der Waals surface area contributed by atoms with Gasteiger partial charge in [-0.2, -0.15) is 0 Å². The van der Waals surface area contributed by atoms with Crippen molar-refractivity contribution < 1.29 is 28.6 Å². The SMILES string of the molecule is COC(=O)c1ccccc1NC(=O)C(=O)Nc1ccc2c(c1)OCCO2. The number of ether oxygens (including phenoxy) is 3. The minimum Gasteiger partial charge on any atom is -0.486 e. The number of anilines is 2. The summed E-state index contributed by atoms with van der Waals surface area (Å²) in [6.45, 7) is 0.871. The van der Waals surface area contributed by atoms with Crippen molar-refractivity contribution in [1.82, 2.24) is 0 Å². The summed E-state index contributed by atoms with van der Waals surface area (Å²) < 4.78 is 15.5. The van der Waals surface area contributed by atoms with Gasteiger partial charge in [0.15, 0.2) is 11.5 Å². The standard InChI is InChI=1S/C18H16N2O6/c1-24-18(23)12-4-2-3-5-13(12)20-17(22)16(21)19-11-6-7-14-15(10-11)26-9-8-25-14/h2-7,10H,8-9H2,1H3,(H,19,21)(H,20,22). The highest BCUT2D eigenvalue weighted by Gasteiger charge is 2.19. The average molecular weight is 356 g/mol. The van der Waals surface area contributed by atoms with E-state index in [4.69, 9.17) is 9.47 Å². The van der Waals surface area contributed by atoms with Crippen molar-refractivity contribution in [2.24, 2.45) is 0 Å². The van der Waals surface area contributed by atoms with Crippen molar-refractivity contribution in [2.45, 2.75) is 0 Å². The molecule has 2 aromatic rings. The molecular weight excluding hydrogens is 340 g/mol. The molecule has 0 spiro atoms. The topological polar surface area (TPSA) is 103 Å². The summed E-state index contributed by atoms with van der Waals surface area (Å²) in [4.78, 5) is 36.0. The van der Waals surface area contributed by atoms with Crippen LogP contribution >= 0.6 is 0 Å². The minimum atomic E-state index is -0.920. The van der Waals surface area contributed by atoms with Crippen molar-refractivity contribution in [3.8, 4) is 11.5 Å². The van der Waals surface area contributed by atoms with Crippen molar-refractivity contribution in [1.29, 1.82) is 0 Å². The number of nitrogens with one attached hydrogen (secondary N) is 2. The fourth-order valence-electron chi connectivity index (χ4n) is 2.37. The van der Waals surface area contributed by atoms with Gasteiger partial charge < -0.3 is 24.8 Å². The average Bonchev–Trinajstić information content (AvgIpc) is 2.67. The molecule has 1 heterocycles. The maximum atomic E-state index is 12.1. The van der Waals surface area contributed by atoms with Crippen LogP contribution in [0.2, 0.25) is 0 Å². The van der Waals surface area contributed by atoms with E-state index in [1.54, 1.807) is 30.3 Å². The molecule has 134 valence electrons. The number of rotatable bonds is 3. The monoisotopic (exact) mass is 356 g/mol. The number of carbonyl (C=O) groups excluding carboxylic acids is 3.